The van der Waals surface area contributed by atoms with E-state index in [0.717, 1.165) is 0 Å². The third kappa shape index (κ3) is 5.69. The molecule has 0 aliphatic carbocycles. The number of carbonyl (C=O) groups excluding carboxylic acids is 4. The molecule has 0 spiro atoms. The first-order chi connectivity index (χ1) is 10.9. The molecular formula is C10H10O14. The maximum atomic E-state index is 11.0. The van der Waals surface area contributed by atoms with Crippen molar-refractivity contribution in [2.75, 3.05) is 0 Å². The normalized spacial score (nSPS) is 15.3. The van der Waals surface area contributed by atoms with Crippen LogP contribution in [0.1, 0.15) is 0 Å². The van der Waals surface area contributed by atoms with Crippen LogP contribution in [0.4, 0.5) is 0 Å². The van der Waals surface area contributed by atoms with Gasteiger partial charge in [-0.1, -0.05) is 0 Å². The van der Waals surface area contributed by atoms with E-state index in [-0.39, 0.29) is 0 Å². The third-order valence-electron chi connectivity index (χ3n) is 2.14. The number of aliphatic carboxylic acids is 2. The summed E-state index contributed by atoms with van der Waals surface area (Å²) in [6.07, 6.45) is -10.9. The average molecular weight is 354 g/mol. The highest BCUT2D eigenvalue weighted by molar-refractivity contribution is 6.33. The molecule has 0 radical (unpaired) electrons. The molecule has 0 amide bonds. The molecule has 6 N–H and O–H groups in total. The molecular weight excluding hydrogens is 344 g/mol. The monoisotopic (exact) mass is 354 g/mol. The van der Waals surface area contributed by atoms with Crippen LogP contribution in [0.25, 0.3) is 0 Å². The molecule has 4 unspecified atom stereocenters. The van der Waals surface area contributed by atoms with Crippen molar-refractivity contribution < 1.29 is 68.9 Å². The summed E-state index contributed by atoms with van der Waals surface area (Å²) in [7, 11) is 0. The first kappa shape index (κ1) is 21.1. The summed E-state index contributed by atoms with van der Waals surface area (Å²) in [5, 5.41) is 52.1. The van der Waals surface area contributed by atoms with Crippen LogP contribution in [0.3, 0.4) is 0 Å². The Labute approximate surface area is 130 Å². The van der Waals surface area contributed by atoms with Crippen LogP contribution in [0, 0.1) is 0 Å². The van der Waals surface area contributed by atoms with E-state index in [1.165, 1.54) is 0 Å². The molecule has 0 fully saturated rings. The Bertz CT molecular complexity index is 514. The maximum absolute atomic E-state index is 11.0. The van der Waals surface area contributed by atoms with Crippen molar-refractivity contribution in [3.8, 4) is 0 Å². The number of ether oxygens (including phenoxy) is 2. The minimum atomic E-state index is -2.76. The van der Waals surface area contributed by atoms with E-state index in [9.17, 15) is 28.8 Å². The van der Waals surface area contributed by atoms with E-state index in [2.05, 4.69) is 9.47 Å². The summed E-state index contributed by atoms with van der Waals surface area (Å²) < 4.78 is 7.19. The lowest BCUT2D eigenvalue weighted by molar-refractivity contribution is -0.187. The number of aliphatic hydroxyl groups excluding tert-OH is 4. The molecule has 0 aromatic rings. The predicted octanol–water partition coefficient (Wildman–Crippen LogP) is -5.26. The Hall–Kier alpha value is -2.94. The van der Waals surface area contributed by atoms with Crippen molar-refractivity contribution in [3.05, 3.63) is 0 Å². The number of rotatable bonds is 6. The molecule has 0 saturated carbocycles. The summed E-state index contributed by atoms with van der Waals surface area (Å²) in [4.78, 5) is 64.7. The zero-order chi connectivity index (χ0) is 19.2. The van der Waals surface area contributed by atoms with Crippen LogP contribution in [-0.4, -0.2) is 90.9 Å². The predicted molar refractivity (Wildman–Crippen MR) is 61.5 cm³/mol. The lowest BCUT2D eigenvalue weighted by Crippen LogP contribution is -2.44. The second-order valence-electron chi connectivity index (χ2n) is 3.87. The van der Waals surface area contributed by atoms with Crippen LogP contribution in [0.5, 0.6) is 0 Å². The molecule has 14 heteroatoms. The van der Waals surface area contributed by atoms with Gasteiger partial charge in [0.2, 0.25) is 0 Å². The largest absolute Gasteiger partial charge is 0.479 e. The van der Waals surface area contributed by atoms with E-state index in [1.807, 2.05) is 0 Å². The smallest absolute Gasteiger partial charge is 0.425 e. The van der Waals surface area contributed by atoms with Gasteiger partial charge in [-0.3, -0.25) is 0 Å². The molecule has 0 bridgehead atoms. The van der Waals surface area contributed by atoms with Crippen LogP contribution < -0.4 is 0 Å². The first-order valence-corrected chi connectivity index (χ1v) is 5.59. The van der Waals surface area contributed by atoms with Crippen LogP contribution in [0.2, 0.25) is 0 Å². The number of carbonyl (C=O) groups is 6. The molecule has 14 nitrogen and oxygen atoms in total. The van der Waals surface area contributed by atoms with Crippen molar-refractivity contribution in [2.45, 2.75) is 24.4 Å². The van der Waals surface area contributed by atoms with Gasteiger partial charge in [0, 0.05) is 0 Å². The third-order valence-corrected chi connectivity index (χ3v) is 2.14. The van der Waals surface area contributed by atoms with Crippen LogP contribution >= 0.6 is 0 Å². The summed E-state index contributed by atoms with van der Waals surface area (Å²) >= 11 is 0. The van der Waals surface area contributed by atoms with Gasteiger partial charge in [0.25, 0.3) is 0 Å². The minimum Gasteiger partial charge on any atom is -0.479 e. The Morgan fingerprint density at radius 2 is 0.792 bits per heavy atom. The van der Waals surface area contributed by atoms with Crippen LogP contribution in [-0.2, 0) is 38.2 Å². The van der Waals surface area contributed by atoms with E-state index in [0.29, 0.717) is 0 Å². The number of esters is 4. The highest BCUT2D eigenvalue weighted by Crippen LogP contribution is 2.01. The molecule has 0 aliphatic rings. The number of hydrogen-bond acceptors (Lipinski definition) is 12. The van der Waals surface area contributed by atoms with Gasteiger partial charge in [0.05, 0.1) is 0 Å². The number of aliphatic hydroxyl groups is 4. The molecule has 4 atom stereocenters. The van der Waals surface area contributed by atoms with E-state index in [4.69, 9.17) is 30.6 Å². The standard InChI is InChI=1S/C10H10O14/c11-1(5(15)16)3(13)7(19)23-9(21)10(22)24-8(20)4(14)2(12)6(17)18/h1-4,11-14H,(H,15,16)(H,17,18). The minimum absolute atomic E-state index is 2.06. The molecule has 134 valence electrons. The molecule has 0 aromatic carbocycles. The number of carboxylic acids is 2. The summed E-state index contributed by atoms with van der Waals surface area (Å²) in [5.41, 5.74) is 0. The molecule has 0 rings (SSSR count). The number of hydrogen-bond donors (Lipinski definition) is 6. The molecule has 0 heterocycles. The van der Waals surface area contributed by atoms with Gasteiger partial charge in [0.15, 0.2) is 24.4 Å². The van der Waals surface area contributed by atoms with Crippen molar-refractivity contribution in [1.82, 2.24) is 0 Å². The second kappa shape index (κ2) is 8.63. The maximum Gasteiger partial charge on any atom is 0.425 e. The van der Waals surface area contributed by atoms with Gasteiger partial charge in [-0.05, 0) is 0 Å². The quantitative estimate of drug-likeness (QED) is 0.148. The Morgan fingerprint density at radius 1 is 0.542 bits per heavy atom. The Kier molecular flexibility index (Phi) is 7.57. The highest BCUT2D eigenvalue weighted by atomic mass is 16.6. The van der Waals surface area contributed by atoms with Gasteiger partial charge in [-0.25, -0.2) is 28.8 Å². The van der Waals surface area contributed by atoms with Gasteiger partial charge < -0.3 is 40.1 Å². The lowest BCUT2D eigenvalue weighted by atomic mass is 10.2. The van der Waals surface area contributed by atoms with Crippen molar-refractivity contribution in [3.63, 3.8) is 0 Å². The van der Waals surface area contributed by atoms with Crippen molar-refractivity contribution in [1.29, 1.82) is 0 Å². The van der Waals surface area contributed by atoms with E-state index >= 15 is 0 Å². The fourth-order valence-electron chi connectivity index (χ4n) is 0.915. The zero-order valence-electron chi connectivity index (χ0n) is 11.3. The van der Waals surface area contributed by atoms with E-state index < -0.39 is 60.2 Å². The van der Waals surface area contributed by atoms with Gasteiger partial charge in [0.1, 0.15) is 0 Å². The van der Waals surface area contributed by atoms with Crippen LogP contribution in [0.15, 0.2) is 0 Å². The van der Waals surface area contributed by atoms with Crippen molar-refractivity contribution in [2.24, 2.45) is 0 Å². The zero-order valence-corrected chi connectivity index (χ0v) is 11.3. The highest BCUT2D eigenvalue weighted by Gasteiger charge is 2.37. The summed E-state index contributed by atoms with van der Waals surface area (Å²) in [6.45, 7) is 0. The summed E-state index contributed by atoms with van der Waals surface area (Å²) in [6, 6.07) is 0. The molecule has 0 aliphatic heterocycles. The fraction of sp³-hybridized carbons (Fsp3) is 0.400. The lowest BCUT2D eigenvalue weighted by Gasteiger charge is -2.13. The number of carboxylic acid groups (broad SMARTS) is 2. The van der Waals surface area contributed by atoms with Gasteiger partial charge in [-0.15, -0.1) is 0 Å². The second-order valence-corrected chi connectivity index (χ2v) is 3.87. The van der Waals surface area contributed by atoms with Gasteiger partial charge in [-0.2, -0.15) is 0 Å². The fourth-order valence-corrected chi connectivity index (χ4v) is 0.915. The molecule has 0 saturated heterocycles. The van der Waals surface area contributed by atoms with Gasteiger partial charge >= 0.3 is 35.8 Å². The molecule has 24 heavy (non-hydrogen) atoms. The average Bonchev–Trinajstić information content (AvgIpc) is 2.50. The SMILES string of the molecule is O=C(OC(=O)C(O)C(O)C(=O)O)C(=O)OC(=O)C(O)C(O)C(=O)O. The Morgan fingerprint density at radius 3 is 1.00 bits per heavy atom. The Balaban J connectivity index is 4.71. The molecule has 0 aromatic heterocycles. The topological polar surface area (TPSA) is 242 Å². The van der Waals surface area contributed by atoms with E-state index in [1.54, 1.807) is 0 Å². The first-order valence-electron chi connectivity index (χ1n) is 5.59. The summed E-state index contributed by atoms with van der Waals surface area (Å²) in [5.74, 6) is -12.8. The van der Waals surface area contributed by atoms with Crippen molar-refractivity contribution >= 4 is 35.8 Å².